The lowest BCUT2D eigenvalue weighted by molar-refractivity contribution is -0.150. The second-order valence-corrected chi connectivity index (χ2v) is 11.4. The van der Waals surface area contributed by atoms with Gasteiger partial charge in [0.15, 0.2) is 15.2 Å². The van der Waals surface area contributed by atoms with E-state index in [1.165, 1.54) is 39.8 Å². The van der Waals surface area contributed by atoms with Crippen LogP contribution in [0.4, 0.5) is 5.13 Å². The first-order chi connectivity index (χ1) is 16.8. The standard InChI is InChI=1S/C18H20N8O5S4/c1-7(19)2-31-25-10(9-5-33-17(20)22-9)13(27)23-11-14(28)26-12(16(29)30)8(3-32-15(11)26)4-34-18-24-21-6-35-18/h5-7,11,15H,2-4,19H2,1H3,(H2,20,22)(H,23,27)(H,29,30)/t7?,11?,15-/m0/s1. The summed E-state index contributed by atoms with van der Waals surface area (Å²) in [6, 6.07) is -1.25. The number of aliphatic carboxylic acids is 1. The Morgan fingerprint density at radius 1 is 1.46 bits per heavy atom. The number of thiazole rings is 1. The number of β-lactam (4-membered cyclic amide) rings is 1. The predicted molar refractivity (Wildman–Crippen MR) is 133 cm³/mol. The smallest absolute Gasteiger partial charge is 0.352 e. The van der Waals surface area contributed by atoms with Crippen LogP contribution in [0.2, 0.25) is 0 Å². The molecule has 2 aliphatic rings. The number of hydrogen-bond acceptors (Lipinski definition) is 14. The zero-order valence-corrected chi connectivity index (χ0v) is 21.4. The maximum Gasteiger partial charge on any atom is 0.352 e. The Morgan fingerprint density at radius 2 is 2.26 bits per heavy atom. The van der Waals surface area contributed by atoms with Gasteiger partial charge in [0.2, 0.25) is 0 Å². The molecule has 0 saturated carbocycles. The molecule has 2 aliphatic heterocycles. The van der Waals surface area contributed by atoms with Crippen LogP contribution in [0.15, 0.2) is 31.7 Å². The molecule has 13 nitrogen and oxygen atoms in total. The summed E-state index contributed by atoms with van der Waals surface area (Å²) in [6.45, 7) is 1.78. The van der Waals surface area contributed by atoms with Crippen LogP contribution >= 0.6 is 46.2 Å². The molecule has 3 atom stereocenters. The van der Waals surface area contributed by atoms with Crippen molar-refractivity contribution in [3.63, 3.8) is 0 Å². The zero-order valence-electron chi connectivity index (χ0n) is 18.1. The van der Waals surface area contributed by atoms with Crippen molar-refractivity contribution in [3.8, 4) is 0 Å². The second kappa shape index (κ2) is 10.9. The normalized spacial score (nSPS) is 20.8. The SMILES string of the molecule is CC(N)CON=C(C(=O)NC1C(=O)N2C(C(=O)O)=C(CSc3nncs3)CS[C@@H]12)c1csc(N)n1. The van der Waals surface area contributed by atoms with Crippen LogP contribution in [0, 0.1) is 0 Å². The zero-order chi connectivity index (χ0) is 25.1. The van der Waals surface area contributed by atoms with Crippen molar-refractivity contribution in [1.82, 2.24) is 25.4 Å². The molecule has 186 valence electrons. The van der Waals surface area contributed by atoms with Crippen molar-refractivity contribution in [2.75, 3.05) is 23.8 Å². The van der Waals surface area contributed by atoms with E-state index < -0.39 is 29.2 Å². The minimum atomic E-state index is -1.20. The largest absolute Gasteiger partial charge is 0.477 e. The van der Waals surface area contributed by atoms with Crippen LogP contribution < -0.4 is 16.8 Å². The van der Waals surface area contributed by atoms with E-state index in [2.05, 4.69) is 25.7 Å². The van der Waals surface area contributed by atoms with Gasteiger partial charge in [0.1, 0.15) is 34.9 Å². The molecule has 0 radical (unpaired) electrons. The van der Waals surface area contributed by atoms with Crippen LogP contribution in [0.25, 0.3) is 0 Å². The van der Waals surface area contributed by atoms with Gasteiger partial charge in [-0.15, -0.1) is 33.3 Å². The first kappa shape index (κ1) is 25.4. The van der Waals surface area contributed by atoms with E-state index in [0.29, 0.717) is 21.4 Å². The molecule has 0 aliphatic carbocycles. The van der Waals surface area contributed by atoms with Crippen LogP contribution in [0.3, 0.4) is 0 Å². The quantitative estimate of drug-likeness (QED) is 0.134. The van der Waals surface area contributed by atoms with Gasteiger partial charge in [-0.3, -0.25) is 14.5 Å². The number of nitrogens with one attached hydrogen (secondary N) is 1. The molecule has 2 amide bonds. The molecule has 0 bridgehead atoms. The maximum atomic E-state index is 13.0. The van der Waals surface area contributed by atoms with Crippen molar-refractivity contribution >= 4 is 74.8 Å². The fourth-order valence-electron chi connectivity index (χ4n) is 3.20. The number of nitrogens with zero attached hydrogens (tertiary/aromatic N) is 5. The van der Waals surface area contributed by atoms with Gasteiger partial charge in [0.25, 0.3) is 11.8 Å². The van der Waals surface area contributed by atoms with E-state index in [4.69, 9.17) is 16.3 Å². The summed E-state index contributed by atoms with van der Waals surface area (Å²) in [5.74, 6) is -1.69. The lowest BCUT2D eigenvalue weighted by Gasteiger charge is -2.49. The van der Waals surface area contributed by atoms with E-state index in [0.717, 1.165) is 11.3 Å². The number of carbonyl (C=O) groups excluding carboxylic acids is 2. The number of fused-ring (bicyclic) bond motifs is 1. The number of anilines is 1. The van der Waals surface area contributed by atoms with Gasteiger partial charge in [0, 0.05) is 22.9 Å². The third-order valence-electron chi connectivity index (χ3n) is 4.72. The van der Waals surface area contributed by atoms with Crippen LogP contribution in [0.1, 0.15) is 12.6 Å². The van der Waals surface area contributed by atoms with Gasteiger partial charge in [-0.2, -0.15) is 0 Å². The molecule has 2 aromatic rings. The maximum absolute atomic E-state index is 13.0. The Balaban J connectivity index is 1.48. The van der Waals surface area contributed by atoms with Crippen LogP contribution in [-0.2, 0) is 19.2 Å². The average molecular weight is 557 g/mol. The summed E-state index contributed by atoms with van der Waals surface area (Å²) in [5, 5.41) is 25.2. The summed E-state index contributed by atoms with van der Waals surface area (Å²) in [6.07, 6.45) is 0. The van der Waals surface area contributed by atoms with E-state index in [9.17, 15) is 19.5 Å². The molecule has 35 heavy (non-hydrogen) atoms. The number of rotatable bonds is 10. The number of aromatic nitrogens is 3. The minimum absolute atomic E-state index is 0.0651. The van der Waals surface area contributed by atoms with E-state index in [1.807, 2.05) is 0 Å². The van der Waals surface area contributed by atoms with Crippen molar-refractivity contribution in [3.05, 3.63) is 27.9 Å². The number of amides is 2. The Labute approximate surface area is 215 Å². The fraction of sp³-hybridized carbons (Fsp3) is 0.389. The Morgan fingerprint density at radius 3 is 2.89 bits per heavy atom. The molecule has 2 aromatic heterocycles. The minimum Gasteiger partial charge on any atom is -0.477 e. The van der Waals surface area contributed by atoms with Crippen LogP contribution in [-0.4, -0.2) is 84.3 Å². The monoisotopic (exact) mass is 556 g/mol. The molecule has 1 saturated heterocycles. The summed E-state index contributed by atoms with van der Waals surface area (Å²) < 4.78 is 0.704. The number of nitrogen functional groups attached to an aromatic ring is 1. The highest BCUT2D eigenvalue weighted by Gasteiger charge is 2.54. The summed E-state index contributed by atoms with van der Waals surface area (Å²) in [4.78, 5) is 48.4. The number of hydrogen-bond donors (Lipinski definition) is 4. The summed E-state index contributed by atoms with van der Waals surface area (Å²) in [7, 11) is 0. The Kier molecular flexibility index (Phi) is 7.90. The van der Waals surface area contributed by atoms with Crippen LogP contribution in [0.5, 0.6) is 0 Å². The Bertz CT molecular complexity index is 1180. The number of carbonyl (C=O) groups is 3. The van der Waals surface area contributed by atoms with E-state index in [-0.39, 0.29) is 34.9 Å². The van der Waals surface area contributed by atoms with Gasteiger partial charge in [0.05, 0.1) is 0 Å². The highest BCUT2D eigenvalue weighted by Crippen LogP contribution is 2.41. The predicted octanol–water partition coefficient (Wildman–Crippen LogP) is 0.176. The molecule has 2 unspecified atom stereocenters. The molecular weight excluding hydrogens is 537 g/mol. The third-order valence-corrected chi connectivity index (χ3v) is 8.68. The molecule has 1 fully saturated rings. The molecule has 17 heteroatoms. The molecular formula is C18H20N8O5S4. The van der Waals surface area contributed by atoms with Gasteiger partial charge < -0.3 is 26.7 Å². The molecule has 4 heterocycles. The molecule has 4 rings (SSSR count). The number of carboxylic acids is 1. The second-order valence-electron chi connectivity index (χ2n) is 7.40. The van der Waals surface area contributed by atoms with E-state index in [1.54, 1.807) is 17.8 Å². The van der Waals surface area contributed by atoms with Crippen molar-refractivity contribution in [1.29, 1.82) is 0 Å². The summed E-state index contributed by atoms with van der Waals surface area (Å²) in [5.41, 5.74) is 13.5. The van der Waals surface area contributed by atoms with Gasteiger partial charge in [-0.05, 0) is 12.5 Å². The first-order valence-electron chi connectivity index (χ1n) is 10.0. The van der Waals surface area contributed by atoms with Crippen molar-refractivity contribution in [2.45, 2.75) is 28.7 Å². The topological polar surface area (TPSA) is 199 Å². The number of nitrogens with two attached hydrogens (primary N) is 2. The molecule has 6 N–H and O–H groups in total. The highest BCUT2D eigenvalue weighted by atomic mass is 32.2. The molecule has 0 spiro atoms. The summed E-state index contributed by atoms with van der Waals surface area (Å²) >= 11 is 5.19. The van der Waals surface area contributed by atoms with Gasteiger partial charge >= 0.3 is 5.97 Å². The number of thioether (sulfide) groups is 2. The highest BCUT2D eigenvalue weighted by molar-refractivity contribution is 8.01. The number of oxime groups is 1. The molecule has 0 aromatic carbocycles. The fourth-order valence-corrected chi connectivity index (χ4v) is 6.72. The first-order valence-corrected chi connectivity index (χ1v) is 13.8. The third kappa shape index (κ3) is 5.58. The lowest BCUT2D eigenvalue weighted by atomic mass is 10.0. The Hall–Kier alpha value is -2.73. The number of carboxylic acid groups (broad SMARTS) is 1. The lowest BCUT2D eigenvalue weighted by Crippen LogP contribution is -2.71. The van der Waals surface area contributed by atoms with Gasteiger partial charge in [-0.1, -0.05) is 28.3 Å². The van der Waals surface area contributed by atoms with E-state index >= 15 is 0 Å². The van der Waals surface area contributed by atoms with Gasteiger partial charge in [-0.25, -0.2) is 9.78 Å². The average Bonchev–Trinajstić information content (AvgIpc) is 3.49. The van der Waals surface area contributed by atoms with Crippen molar-refractivity contribution in [2.24, 2.45) is 10.9 Å². The van der Waals surface area contributed by atoms with Crippen molar-refractivity contribution < 1.29 is 24.3 Å².